The number of nitrogens with one attached hydrogen (secondary N) is 1. The van der Waals surface area contributed by atoms with E-state index in [1.165, 1.54) is 0 Å². The summed E-state index contributed by atoms with van der Waals surface area (Å²) in [5.74, 6) is 0.384. The Hall–Kier alpha value is -2.10. The van der Waals surface area contributed by atoms with Gasteiger partial charge in [0.05, 0.1) is 35.2 Å². The van der Waals surface area contributed by atoms with E-state index in [2.05, 4.69) is 21.4 Å². The molecule has 5 rings (SSSR count). The fourth-order valence-electron chi connectivity index (χ4n) is 4.20. The minimum absolute atomic E-state index is 0.276. The first-order valence-electron chi connectivity index (χ1n) is 10.5. The molecule has 0 unspecified atom stereocenters. The number of morpholine rings is 1. The molecule has 2 aliphatic heterocycles. The lowest BCUT2D eigenvalue weighted by atomic mass is 9.89. The predicted octanol–water partition coefficient (Wildman–Crippen LogP) is 5.21. The fraction of sp³-hybridized carbons (Fsp3) is 0.304. The molecular formula is C23H21BrCl2N4O3. The van der Waals surface area contributed by atoms with E-state index < -0.39 is 5.60 Å². The van der Waals surface area contributed by atoms with Crippen molar-refractivity contribution < 1.29 is 14.3 Å². The third-order valence-corrected chi connectivity index (χ3v) is 6.70. The van der Waals surface area contributed by atoms with Gasteiger partial charge in [0.2, 0.25) is 0 Å². The number of nitrogens with zero attached hydrogens (tertiary/aromatic N) is 3. The summed E-state index contributed by atoms with van der Waals surface area (Å²) in [6.07, 6.45) is 0. The van der Waals surface area contributed by atoms with E-state index in [0.29, 0.717) is 53.3 Å². The molecule has 2 aromatic carbocycles. The Balaban J connectivity index is 1.73. The number of benzene rings is 2. The first-order valence-corrected chi connectivity index (χ1v) is 12.0. The summed E-state index contributed by atoms with van der Waals surface area (Å²) in [7, 11) is 0. The van der Waals surface area contributed by atoms with E-state index in [1.807, 2.05) is 37.1 Å². The van der Waals surface area contributed by atoms with Crippen LogP contribution in [0.2, 0.25) is 10.0 Å². The molecule has 1 saturated heterocycles. The van der Waals surface area contributed by atoms with Crippen LogP contribution in [0.4, 0.5) is 0 Å². The van der Waals surface area contributed by atoms with Gasteiger partial charge in [0, 0.05) is 28.1 Å². The first-order chi connectivity index (χ1) is 15.7. The van der Waals surface area contributed by atoms with Crippen molar-refractivity contribution in [3.8, 4) is 22.7 Å². The van der Waals surface area contributed by atoms with Crippen molar-refractivity contribution in [3.05, 3.63) is 62.2 Å². The molecule has 3 aromatic rings. The number of hydrogen-bond acceptors (Lipinski definition) is 5. The molecule has 0 spiro atoms. The van der Waals surface area contributed by atoms with Gasteiger partial charge in [-0.3, -0.25) is 10.2 Å². The molecule has 1 amide bonds. The van der Waals surface area contributed by atoms with E-state index in [4.69, 9.17) is 37.8 Å². The lowest BCUT2D eigenvalue weighted by Crippen LogP contribution is -2.49. The molecule has 1 N–H and O–H groups in total. The molecule has 0 aliphatic carbocycles. The summed E-state index contributed by atoms with van der Waals surface area (Å²) >= 11 is 16.3. The highest BCUT2D eigenvalue weighted by molar-refractivity contribution is 9.10. The van der Waals surface area contributed by atoms with Crippen LogP contribution in [0.1, 0.15) is 29.9 Å². The zero-order valence-corrected chi connectivity index (χ0v) is 21.1. The number of rotatable bonds is 3. The zero-order valence-electron chi connectivity index (χ0n) is 18.0. The van der Waals surface area contributed by atoms with Gasteiger partial charge in [-0.15, -0.1) is 0 Å². The first kappa shape index (κ1) is 22.7. The van der Waals surface area contributed by atoms with Crippen molar-refractivity contribution in [3.63, 3.8) is 0 Å². The van der Waals surface area contributed by atoms with Crippen LogP contribution in [0.3, 0.4) is 0 Å². The number of hydrogen-bond donors (Lipinski definition) is 1. The summed E-state index contributed by atoms with van der Waals surface area (Å²) in [4.78, 5) is 13.4. The highest BCUT2D eigenvalue weighted by atomic mass is 79.9. The predicted molar refractivity (Wildman–Crippen MR) is 130 cm³/mol. The van der Waals surface area contributed by atoms with Crippen molar-refractivity contribution in [2.75, 3.05) is 26.3 Å². The Morgan fingerprint density at radius 2 is 1.91 bits per heavy atom. The number of ether oxygens (including phenoxy) is 2. The maximum Gasteiger partial charge on any atom is 0.286 e. The van der Waals surface area contributed by atoms with E-state index in [0.717, 1.165) is 15.7 Å². The van der Waals surface area contributed by atoms with Crippen molar-refractivity contribution in [2.45, 2.75) is 19.4 Å². The normalized spacial score (nSPS) is 17.1. The van der Waals surface area contributed by atoms with Gasteiger partial charge in [0.15, 0.2) is 5.69 Å². The fourth-order valence-corrected chi connectivity index (χ4v) is 5.05. The summed E-state index contributed by atoms with van der Waals surface area (Å²) < 4.78 is 14.3. The van der Waals surface area contributed by atoms with Crippen LogP contribution in [0.25, 0.3) is 16.9 Å². The molecule has 1 aromatic heterocycles. The molecular weight excluding hydrogens is 531 g/mol. The second kappa shape index (κ2) is 8.60. The Kier molecular flexibility index (Phi) is 5.91. The monoisotopic (exact) mass is 550 g/mol. The third kappa shape index (κ3) is 4.15. The molecule has 0 radical (unpaired) electrons. The van der Waals surface area contributed by atoms with E-state index in [9.17, 15) is 4.79 Å². The number of amides is 1. The quantitative estimate of drug-likeness (QED) is 0.484. The lowest BCUT2D eigenvalue weighted by molar-refractivity contribution is 0.0122. The second-order valence-corrected chi connectivity index (χ2v) is 10.1. The van der Waals surface area contributed by atoms with E-state index in [1.54, 1.807) is 22.9 Å². The Bertz CT molecular complexity index is 1250. The van der Waals surface area contributed by atoms with Gasteiger partial charge < -0.3 is 9.47 Å². The average molecular weight is 552 g/mol. The molecule has 2 aliphatic rings. The molecule has 1 fully saturated rings. The number of hydrazine groups is 1. The molecule has 10 heteroatoms. The van der Waals surface area contributed by atoms with Crippen LogP contribution in [0, 0.1) is 0 Å². The van der Waals surface area contributed by atoms with E-state index >= 15 is 0 Å². The second-order valence-electron chi connectivity index (χ2n) is 8.37. The summed E-state index contributed by atoms with van der Waals surface area (Å²) in [5.41, 5.74) is 5.29. The van der Waals surface area contributed by atoms with Gasteiger partial charge in [-0.05, 0) is 50.2 Å². The molecule has 7 nitrogen and oxygen atoms in total. The minimum atomic E-state index is -0.814. The molecule has 0 atom stereocenters. The average Bonchev–Trinajstić information content (AvgIpc) is 3.17. The summed E-state index contributed by atoms with van der Waals surface area (Å²) in [5, 5.41) is 7.55. The van der Waals surface area contributed by atoms with Gasteiger partial charge in [-0.1, -0.05) is 39.1 Å². The van der Waals surface area contributed by atoms with Gasteiger partial charge in [0.1, 0.15) is 11.4 Å². The van der Waals surface area contributed by atoms with Crippen LogP contribution in [-0.4, -0.2) is 47.0 Å². The molecule has 3 heterocycles. The third-order valence-electron chi connectivity index (χ3n) is 5.67. The Morgan fingerprint density at radius 1 is 1.15 bits per heavy atom. The van der Waals surface area contributed by atoms with Gasteiger partial charge in [0.25, 0.3) is 5.91 Å². The molecule has 0 saturated carbocycles. The highest BCUT2D eigenvalue weighted by Crippen LogP contribution is 2.48. The topological polar surface area (TPSA) is 68.6 Å². The van der Waals surface area contributed by atoms with Gasteiger partial charge >= 0.3 is 0 Å². The smallest absolute Gasteiger partial charge is 0.286 e. The summed E-state index contributed by atoms with van der Waals surface area (Å²) in [6.45, 7) is 6.18. The Labute approximate surface area is 209 Å². The minimum Gasteiger partial charge on any atom is -0.482 e. The number of fused-ring (bicyclic) bond motifs is 3. The Morgan fingerprint density at radius 3 is 2.64 bits per heavy atom. The van der Waals surface area contributed by atoms with E-state index in [-0.39, 0.29) is 11.6 Å². The van der Waals surface area contributed by atoms with Crippen molar-refractivity contribution in [1.82, 2.24) is 20.2 Å². The van der Waals surface area contributed by atoms with Crippen molar-refractivity contribution in [2.24, 2.45) is 0 Å². The number of carbonyl (C=O) groups excluding carboxylic acids is 1. The van der Waals surface area contributed by atoms with Crippen molar-refractivity contribution in [1.29, 1.82) is 0 Å². The van der Waals surface area contributed by atoms with Gasteiger partial charge in [-0.25, -0.2) is 9.69 Å². The maximum atomic E-state index is 13.4. The summed E-state index contributed by atoms with van der Waals surface area (Å²) in [6, 6.07) is 11.0. The van der Waals surface area contributed by atoms with Crippen LogP contribution in [0.5, 0.6) is 5.75 Å². The molecule has 33 heavy (non-hydrogen) atoms. The maximum absolute atomic E-state index is 13.4. The van der Waals surface area contributed by atoms with Crippen LogP contribution >= 0.6 is 39.1 Å². The SMILES string of the molecule is CC1(C)Oc2ccc(Br)cc2-c2c1c(C(=O)NN1CCOCC1)nn2-c1ccc(Cl)cc1Cl. The molecule has 172 valence electrons. The number of halogens is 3. The zero-order chi connectivity index (χ0) is 23.3. The molecule has 0 bridgehead atoms. The lowest BCUT2D eigenvalue weighted by Gasteiger charge is -2.34. The van der Waals surface area contributed by atoms with Crippen LogP contribution in [0.15, 0.2) is 40.9 Å². The van der Waals surface area contributed by atoms with Gasteiger partial charge in [-0.2, -0.15) is 5.10 Å². The largest absolute Gasteiger partial charge is 0.482 e. The number of aromatic nitrogens is 2. The standard InChI is InChI=1S/C23H21BrCl2N4O3/c1-23(2)19-20(22(31)28-29-7-9-32-10-8-29)27-30(17-5-4-14(25)12-16(17)26)21(19)15-11-13(24)3-6-18(15)33-23/h3-6,11-12H,7-10H2,1-2H3,(H,28,31). The number of carbonyl (C=O) groups is 1. The highest BCUT2D eigenvalue weighted by Gasteiger charge is 2.41. The van der Waals surface area contributed by atoms with Crippen LogP contribution < -0.4 is 10.2 Å². The van der Waals surface area contributed by atoms with Crippen molar-refractivity contribution >= 4 is 45.0 Å². The van der Waals surface area contributed by atoms with Crippen LogP contribution in [-0.2, 0) is 10.3 Å².